The van der Waals surface area contributed by atoms with E-state index in [0.717, 1.165) is 123 Å². The molecule has 0 fully saturated rings. The molecular weight excluding hydrogens is 1270 g/mol. The number of rotatable bonds is 19. The van der Waals surface area contributed by atoms with Gasteiger partial charge in [-0.1, -0.05) is 219 Å². The highest BCUT2D eigenvalue weighted by Crippen LogP contribution is 2.60. The highest BCUT2D eigenvalue weighted by molar-refractivity contribution is 5.92. The number of ether oxygens (including phenoxy) is 2. The summed E-state index contributed by atoms with van der Waals surface area (Å²) in [5.41, 5.74) is 21.6. The maximum absolute atomic E-state index is 16.1. The van der Waals surface area contributed by atoms with Gasteiger partial charge in [-0.05, 0) is 246 Å². The maximum atomic E-state index is 16.1. The second kappa shape index (κ2) is 26.6. The summed E-state index contributed by atoms with van der Waals surface area (Å²) in [4.78, 5) is 4.17. The van der Waals surface area contributed by atoms with Crippen LogP contribution in [0.4, 0.5) is 51.7 Å². The van der Waals surface area contributed by atoms with E-state index in [0.29, 0.717) is 47.2 Å². The van der Waals surface area contributed by atoms with E-state index in [1.54, 1.807) is 38.1 Å². The Morgan fingerprint density at radius 3 is 0.980 bits per heavy atom. The van der Waals surface area contributed by atoms with Crippen molar-refractivity contribution in [2.45, 2.75) is 37.9 Å². The molecule has 0 bridgehead atoms. The van der Waals surface area contributed by atoms with Gasteiger partial charge in [-0.25, -0.2) is 17.6 Å². The van der Waals surface area contributed by atoms with Crippen molar-refractivity contribution in [2.75, 3.05) is 9.80 Å². The molecule has 102 heavy (non-hydrogen) atoms. The minimum atomic E-state index is -0.914. The molecule has 14 aromatic rings. The Kier molecular flexibility index (Phi) is 16.7. The first kappa shape index (κ1) is 64.2. The van der Waals surface area contributed by atoms with Crippen molar-refractivity contribution < 1.29 is 27.0 Å². The Morgan fingerprint density at radius 2 is 0.627 bits per heavy atom. The molecule has 0 heterocycles. The lowest BCUT2D eigenvalue weighted by Crippen LogP contribution is -2.29. The van der Waals surface area contributed by atoms with E-state index in [2.05, 4.69) is 169 Å². The molecule has 0 saturated carbocycles. The van der Waals surface area contributed by atoms with Crippen LogP contribution in [-0.4, -0.2) is 0 Å². The van der Waals surface area contributed by atoms with Crippen LogP contribution < -0.4 is 19.3 Å². The summed E-state index contributed by atoms with van der Waals surface area (Å²) in [6.45, 7) is 12.1. The second-order valence-corrected chi connectivity index (χ2v) is 26.2. The molecule has 0 spiro atoms. The molecule has 0 aliphatic heterocycles. The van der Waals surface area contributed by atoms with Crippen LogP contribution in [0.3, 0.4) is 0 Å². The minimum Gasteiger partial charge on any atom is -0.489 e. The van der Waals surface area contributed by atoms with Crippen LogP contribution in [-0.2, 0) is 24.0 Å². The number of hydrogen-bond donors (Lipinski definition) is 0. The van der Waals surface area contributed by atoms with Gasteiger partial charge in [0, 0.05) is 34.1 Å². The average Bonchev–Trinajstić information content (AvgIpc) is 1.54. The molecule has 0 N–H and O–H groups in total. The number of nitrogens with zero attached hydrogens (tertiary/aromatic N) is 2. The molecule has 0 radical (unpaired) electrons. The van der Waals surface area contributed by atoms with Gasteiger partial charge in [-0.15, -0.1) is 0 Å². The fraction of sp³-hybridized carbons (Fsp3) is 0.0638. The fourth-order valence-corrected chi connectivity index (χ4v) is 15.2. The Hall–Kier alpha value is -12.5. The van der Waals surface area contributed by atoms with Gasteiger partial charge in [0.15, 0.2) is 0 Å². The van der Waals surface area contributed by atoms with Gasteiger partial charge in [-0.3, -0.25) is 0 Å². The molecule has 0 aromatic heterocycles. The van der Waals surface area contributed by atoms with Gasteiger partial charge in [0.1, 0.15) is 48.0 Å². The molecule has 14 aromatic carbocycles. The zero-order chi connectivity index (χ0) is 69.6. The Bertz CT molecular complexity index is 5140. The van der Waals surface area contributed by atoms with Crippen molar-refractivity contribution >= 4 is 46.3 Å². The lowest BCUT2D eigenvalue weighted by atomic mass is 9.67. The van der Waals surface area contributed by atoms with Crippen LogP contribution in [0.5, 0.6) is 11.5 Å². The molecular formula is C94H68F4N2O2. The minimum absolute atomic E-state index is 0.335. The summed E-state index contributed by atoms with van der Waals surface area (Å²) in [7, 11) is 0. The maximum Gasteiger partial charge on any atom is 0.128 e. The molecule has 4 nitrogen and oxygen atoms in total. The van der Waals surface area contributed by atoms with Gasteiger partial charge in [0.2, 0.25) is 0 Å². The van der Waals surface area contributed by atoms with Gasteiger partial charge in [-0.2, -0.15) is 0 Å². The largest absolute Gasteiger partial charge is 0.489 e. The van der Waals surface area contributed by atoms with Crippen molar-refractivity contribution in [2.24, 2.45) is 0 Å². The highest BCUT2D eigenvalue weighted by atomic mass is 19.1. The molecule has 2 aliphatic carbocycles. The molecule has 2 atom stereocenters. The third-order valence-corrected chi connectivity index (χ3v) is 20.4. The first-order valence-corrected chi connectivity index (χ1v) is 34.1. The van der Waals surface area contributed by atoms with Crippen LogP contribution in [0.1, 0.15) is 77.9 Å². The van der Waals surface area contributed by atoms with Gasteiger partial charge < -0.3 is 19.3 Å². The normalized spacial score (nSPS) is 14.6. The Labute approximate surface area is 592 Å². The van der Waals surface area contributed by atoms with Crippen molar-refractivity contribution in [3.05, 3.63) is 430 Å². The van der Waals surface area contributed by atoms with Crippen LogP contribution in [0.2, 0.25) is 0 Å². The Balaban J connectivity index is 0.761. The van der Waals surface area contributed by atoms with Crippen LogP contribution in [0.25, 0.3) is 45.5 Å². The number of anilines is 6. The van der Waals surface area contributed by atoms with Gasteiger partial charge in [0.05, 0.1) is 10.8 Å². The van der Waals surface area contributed by atoms with Crippen molar-refractivity contribution in [1.82, 2.24) is 0 Å². The summed E-state index contributed by atoms with van der Waals surface area (Å²) >= 11 is 0. The van der Waals surface area contributed by atoms with Crippen LogP contribution in [0.15, 0.2) is 329 Å². The van der Waals surface area contributed by atoms with E-state index >= 15 is 17.6 Å². The van der Waals surface area contributed by atoms with E-state index in [4.69, 9.17) is 9.47 Å². The topological polar surface area (TPSA) is 24.9 Å². The zero-order valence-electron chi connectivity index (χ0n) is 56.2. The summed E-state index contributed by atoms with van der Waals surface area (Å²) in [6.07, 6.45) is 3.64. The first-order chi connectivity index (χ1) is 49.9. The summed E-state index contributed by atoms with van der Waals surface area (Å²) in [5.74, 6) is 0.0625. The smallest absolute Gasteiger partial charge is 0.128 e. The standard InChI is InChI=1S/C94H68F4N2O2/c1-5-63-17-21-65(22-18-63)59-101-81-49-33-71(34-50-81)93(69-29-37-73(95)38-30-69)87-13-9-7-11-83(87)85-53-47-77(55-89(85)93)99(79-41-15-61(3)91(97)57-79)75-43-25-67(26-44-75)68-27-45-76(46-28-68)100(80-42-16-62(4)92(98)58-80)78-48-54-86-84-12-8-10-14-88(84)94(90(86)56-78,70-31-39-74(96)40-32-70)72-35-51-82(52-36-72)102-60-66-23-19-64(6-2)20-24-66/h5-58H,1-2,59-60H2,3-4H3. The fourth-order valence-electron chi connectivity index (χ4n) is 15.2. The summed E-state index contributed by atoms with van der Waals surface area (Å²) in [5, 5.41) is 0. The van der Waals surface area contributed by atoms with Gasteiger partial charge >= 0.3 is 0 Å². The van der Waals surface area contributed by atoms with Crippen molar-refractivity contribution in [1.29, 1.82) is 0 Å². The third-order valence-electron chi connectivity index (χ3n) is 20.4. The van der Waals surface area contributed by atoms with E-state index in [-0.39, 0.29) is 23.3 Å². The molecule has 0 amide bonds. The number of halogens is 4. The molecule has 494 valence electrons. The number of fused-ring (bicyclic) bond motifs is 6. The van der Waals surface area contributed by atoms with Crippen molar-refractivity contribution in [3.63, 3.8) is 0 Å². The molecule has 8 heteroatoms. The van der Waals surface area contributed by atoms with E-state index in [1.165, 1.54) is 24.3 Å². The Morgan fingerprint density at radius 1 is 0.314 bits per heavy atom. The zero-order valence-corrected chi connectivity index (χ0v) is 56.2. The predicted molar refractivity (Wildman–Crippen MR) is 407 cm³/mol. The molecule has 2 aliphatic rings. The SMILES string of the molecule is C=Cc1ccc(COc2ccc(C3(c4ccc(F)cc4)c4ccccc4-c4ccc(N(c5ccc(-c6ccc(N(c7ccc(C)c(F)c7)c7ccc8c(c7)C(c7ccc(F)cc7)(c7ccc(OCc9ccc(C=C)cc9)cc7)c7ccccc7-8)cc6)cc5)c5ccc(C)c(F)c5)cc43)cc2)cc1. The average molecular weight is 1330 g/mol. The molecule has 2 unspecified atom stereocenters. The lowest BCUT2D eigenvalue weighted by molar-refractivity contribution is 0.306. The lowest BCUT2D eigenvalue weighted by Gasteiger charge is -2.35. The first-order valence-electron chi connectivity index (χ1n) is 34.1. The van der Waals surface area contributed by atoms with Crippen LogP contribution >= 0.6 is 0 Å². The van der Waals surface area contributed by atoms with Crippen LogP contribution in [0, 0.1) is 37.1 Å². The quantitative estimate of drug-likeness (QED) is 0.0754. The van der Waals surface area contributed by atoms with E-state index < -0.39 is 10.8 Å². The summed E-state index contributed by atoms with van der Waals surface area (Å²) < 4.78 is 75.2. The monoisotopic (exact) mass is 1330 g/mol. The molecule has 16 rings (SSSR count). The number of hydrogen-bond acceptors (Lipinski definition) is 4. The predicted octanol–water partition coefficient (Wildman–Crippen LogP) is 24.6. The van der Waals surface area contributed by atoms with Crippen molar-refractivity contribution in [3.8, 4) is 44.9 Å². The summed E-state index contributed by atoms with van der Waals surface area (Å²) in [6, 6.07) is 103. The third kappa shape index (κ3) is 11.4. The number of aryl methyl sites for hydroxylation is 2. The molecule has 0 saturated heterocycles. The number of benzene rings is 14. The highest BCUT2D eigenvalue weighted by Gasteiger charge is 2.48. The second-order valence-electron chi connectivity index (χ2n) is 26.2. The van der Waals surface area contributed by atoms with E-state index in [9.17, 15) is 0 Å². The van der Waals surface area contributed by atoms with E-state index in [1.807, 2.05) is 133 Å². The van der Waals surface area contributed by atoms with Gasteiger partial charge in [0.25, 0.3) is 0 Å².